The Morgan fingerprint density at radius 3 is 2.35 bits per heavy atom. The first-order chi connectivity index (χ1) is 9.21. The zero-order valence-corrected chi connectivity index (χ0v) is 13.6. The minimum Gasteiger partial charge on any atom is -0.271 e. The summed E-state index contributed by atoms with van der Waals surface area (Å²) in [5.74, 6) is 7.97. The number of nitrogens with one attached hydrogen (secondary N) is 1. The molecule has 0 bridgehead atoms. The number of hydrogen-bond acceptors (Lipinski definition) is 4. The lowest BCUT2D eigenvalue weighted by molar-refractivity contribution is 0.380. The second kappa shape index (κ2) is 5.11. The smallest absolute Gasteiger partial charge is 0.138 e. The Morgan fingerprint density at radius 2 is 1.90 bits per heavy atom. The largest absolute Gasteiger partial charge is 0.271 e. The molecule has 20 heavy (non-hydrogen) atoms. The fourth-order valence-electron chi connectivity index (χ4n) is 3.67. The summed E-state index contributed by atoms with van der Waals surface area (Å²) in [6.45, 7) is 14.6. The summed E-state index contributed by atoms with van der Waals surface area (Å²) >= 11 is 0. The number of nitrogens with zero attached hydrogens (tertiary/aromatic N) is 3. The van der Waals surface area contributed by atoms with Crippen LogP contribution in [0.15, 0.2) is 6.33 Å². The molecule has 2 rings (SSSR count). The van der Waals surface area contributed by atoms with E-state index in [0.29, 0.717) is 22.7 Å². The van der Waals surface area contributed by atoms with Crippen LogP contribution >= 0.6 is 0 Å². The van der Waals surface area contributed by atoms with E-state index in [0.717, 1.165) is 18.8 Å². The highest BCUT2D eigenvalue weighted by molar-refractivity contribution is 5.17. The van der Waals surface area contributed by atoms with Crippen molar-refractivity contribution in [2.24, 2.45) is 28.5 Å². The Bertz CT molecular complexity index is 447. The molecule has 1 aromatic heterocycles. The summed E-state index contributed by atoms with van der Waals surface area (Å²) in [5, 5.41) is 4.33. The first-order valence-electron chi connectivity index (χ1n) is 7.54. The van der Waals surface area contributed by atoms with Gasteiger partial charge in [-0.15, -0.1) is 0 Å². The van der Waals surface area contributed by atoms with Gasteiger partial charge in [0.2, 0.25) is 0 Å². The molecule has 114 valence electrons. The summed E-state index contributed by atoms with van der Waals surface area (Å²) in [6, 6.07) is 0.245. The highest BCUT2D eigenvalue weighted by Gasteiger charge is 2.66. The molecule has 0 aromatic carbocycles. The molecule has 1 aromatic rings. The molecule has 1 aliphatic carbocycles. The van der Waals surface area contributed by atoms with Crippen LogP contribution in [0.25, 0.3) is 0 Å². The van der Waals surface area contributed by atoms with Gasteiger partial charge in [0.05, 0.1) is 0 Å². The Labute approximate surface area is 122 Å². The monoisotopic (exact) mass is 279 g/mol. The molecule has 5 heteroatoms. The minimum absolute atomic E-state index is 0.245. The summed E-state index contributed by atoms with van der Waals surface area (Å²) in [7, 11) is 0. The molecule has 3 N–H and O–H groups in total. The van der Waals surface area contributed by atoms with Gasteiger partial charge in [-0.1, -0.05) is 41.5 Å². The maximum absolute atomic E-state index is 5.82. The Kier molecular flexibility index (Phi) is 3.95. The fraction of sp³-hybridized carbons (Fsp3) is 0.867. The van der Waals surface area contributed by atoms with E-state index in [1.54, 1.807) is 6.33 Å². The lowest BCUT2D eigenvalue weighted by Gasteiger charge is -2.18. The van der Waals surface area contributed by atoms with E-state index in [-0.39, 0.29) is 6.04 Å². The second-order valence-electron chi connectivity index (χ2n) is 7.65. The van der Waals surface area contributed by atoms with Gasteiger partial charge in [0.25, 0.3) is 0 Å². The zero-order valence-electron chi connectivity index (χ0n) is 13.6. The van der Waals surface area contributed by atoms with Crippen molar-refractivity contribution in [3.8, 4) is 0 Å². The van der Waals surface area contributed by atoms with Crippen LogP contribution in [0.3, 0.4) is 0 Å². The first-order valence-corrected chi connectivity index (χ1v) is 7.54. The highest BCUT2D eigenvalue weighted by Crippen LogP contribution is 2.69. The average Bonchev–Trinajstić information content (AvgIpc) is 2.65. The van der Waals surface area contributed by atoms with E-state index in [4.69, 9.17) is 5.84 Å². The number of hydrogen-bond donors (Lipinski definition) is 2. The lowest BCUT2D eigenvalue weighted by Crippen LogP contribution is -2.41. The van der Waals surface area contributed by atoms with Crippen molar-refractivity contribution in [1.29, 1.82) is 0 Å². The van der Waals surface area contributed by atoms with Crippen LogP contribution in [0.1, 0.15) is 47.4 Å². The van der Waals surface area contributed by atoms with E-state index in [1.165, 1.54) is 0 Å². The third kappa shape index (κ3) is 2.49. The predicted octanol–water partition coefficient (Wildman–Crippen LogP) is 1.99. The van der Waals surface area contributed by atoms with Crippen LogP contribution < -0.4 is 11.3 Å². The molecule has 0 radical (unpaired) electrons. The maximum atomic E-state index is 5.82. The van der Waals surface area contributed by atoms with Crippen molar-refractivity contribution >= 4 is 0 Å². The van der Waals surface area contributed by atoms with E-state index in [9.17, 15) is 0 Å². The van der Waals surface area contributed by atoms with Crippen LogP contribution in [0.4, 0.5) is 0 Å². The molecule has 0 spiro atoms. The maximum Gasteiger partial charge on any atom is 0.138 e. The molecular formula is C15H29N5. The Hall–Kier alpha value is -0.940. The van der Waals surface area contributed by atoms with E-state index >= 15 is 0 Å². The molecule has 1 unspecified atom stereocenters. The molecule has 1 fully saturated rings. The van der Waals surface area contributed by atoms with E-state index in [2.05, 4.69) is 57.1 Å². The van der Waals surface area contributed by atoms with E-state index in [1.807, 2.05) is 4.68 Å². The van der Waals surface area contributed by atoms with Crippen molar-refractivity contribution in [3.05, 3.63) is 12.2 Å². The molecular weight excluding hydrogens is 250 g/mol. The van der Waals surface area contributed by atoms with Gasteiger partial charge in [0.1, 0.15) is 12.2 Å². The van der Waals surface area contributed by atoms with Gasteiger partial charge in [-0.25, -0.2) is 9.67 Å². The van der Waals surface area contributed by atoms with Gasteiger partial charge in [0, 0.05) is 19.0 Å². The van der Waals surface area contributed by atoms with Gasteiger partial charge >= 0.3 is 0 Å². The molecule has 0 saturated heterocycles. The van der Waals surface area contributed by atoms with Gasteiger partial charge in [-0.2, -0.15) is 5.10 Å². The normalized spacial score (nSPS) is 22.2. The van der Waals surface area contributed by atoms with Crippen LogP contribution in [-0.2, 0) is 13.0 Å². The number of nitrogens with two attached hydrogens (primary N) is 1. The number of rotatable bonds is 6. The average molecular weight is 279 g/mol. The quantitative estimate of drug-likeness (QED) is 0.617. The van der Waals surface area contributed by atoms with Crippen molar-refractivity contribution < 1.29 is 0 Å². The van der Waals surface area contributed by atoms with Crippen LogP contribution in [0, 0.1) is 22.7 Å². The molecule has 1 aliphatic rings. The first kappa shape index (κ1) is 15.4. The summed E-state index contributed by atoms with van der Waals surface area (Å²) in [5.41, 5.74) is 3.64. The molecule has 0 amide bonds. The lowest BCUT2D eigenvalue weighted by atomic mass is 10.0. The summed E-state index contributed by atoms with van der Waals surface area (Å²) in [6.07, 6.45) is 2.48. The van der Waals surface area contributed by atoms with Gasteiger partial charge in [0.15, 0.2) is 0 Å². The SMILES string of the molecule is CC(C)Cn1ncnc1CC(NN)C1C(C)(C)C1(C)C. The summed E-state index contributed by atoms with van der Waals surface area (Å²) < 4.78 is 2.01. The fourth-order valence-corrected chi connectivity index (χ4v) is 3.67. The third-order valence-electron chi connectivity index (χ3n) is 5.39. The molecule has 5 nitrogen and oxygen atoms in total. The van der Waals surface area contributed by atoms with Crippen molar-refractivity contribution in [2.75, 3.05) is 0 Å². The summed E-state index contributed by atoms with van der Waals surface area (Å²) in [4.78, 5) is 4.42. The second-order valence-corrected chi connectivity index (χ2v) is 7.65. The zero-order chi connectivity index (χ0) is 15.1. The van der Waals surface area contributed by atoms with Gasteiger partial charge in [-0.05, 0) is 22.7 Å². The number of aromatic nitrogens is 3. The van der Waals surface area contributed by atoms with Crippen molar-refractivity contribution in [3.63, 3.8) is 0 Å². The van der Waals surface area contributed by atoms with Crippen LogP contribution in [-0.4, -0.2) is 20.8 Å². The third-order valence-corrected chi connectivity index (χ3v) is 5.39. The van der Waals surface area contributed by atoms with Gasteiger partial charge in [-0.3, -0.25) is 11.3 Å². The van der Waals surface area contributed by atoms with E-state index < -0.39 is 0 Å². The topological polar surface area (TPSA) is 68.8 Å². The Balaban J connectivity index is 2.11. The van der Waals surface area contributed by atoms with Crippen molar-refractivity contribution in [2.45, 2.75) is 60.5 Å². The molecule has 1 atom stereocenters. The predicted molar refractivity (Wildman–Crippen MR) is 80.7 cm³/mol. The van der Waals surface area contributed by atoms with Gasteiger partial charge < -0.3 is 0 Å². The number of hydrazine groups is 1. The van der Waals surface area contributed by atoms with Crippen molar-refractivity contribution in [1.82, 2.24) is 20.2 Å². The molecule has 1 heterocycles. The standard InChI is InChI=1S/C15H29N5/c1-10(2)8-20-12(17-9-18-20)7-11(19-16)13-14(3,4)15(13,5)6/h9-11,13,19H,7-8,16H2,1-6H3. The minimum atomic E-state index is 0.245. The molecule has 1 saturated carbocycles. The van der Waals surface area contributed by atoms with Crippen LogP contribution in [0.2, 0.25) is 0 Å². The Morgan fingerprint density at radius 1 is 1.30 bits per heavy atom. The molecule has 0 aliphatic heterocycles. The highest BCUT2D eigenvalue weighted by atomic mass is 15.3. The van der Waals surface area contributed by atoms with Crippen LogP contribution in [0.5, 0.6) is 0 Å².